The average molecular weight is 342 g/mol. The Morgan fingerprint density at radius 2 is 1.91 bits per heavy atom. The lowest BCUT2D eigenvalue weighted by atomic mass is 10.1. The summed E-state index contributed by atoms with van der Waals surface area (Å²) in [6.07, 6.45) is 2.27. The summed E-state index contributed by atoms with van der Waals surface area (Å²) in [5.41, 5.74) is 1.14. The summed E-state index contributed by atoms with van der Waals surface area (Å²) in [7, 11) is 5.18. The number of rotatable bonds is 8. The highest BCUT2D eigenvalue weighted by molar-refractivity contribution is 5.85. The number of ether oxygens (including phenoxy) is 2. The lowest BCUT2D eigenvalue weighted by Gasteiger charge is -2.08. The first-order valence-corrected chi connectivity index (χ1v) is 7.36. The number of methoxy groups -OCH3 is 2. The summed E-state index contributed by atoms with van der Waals surface area (Å²) < 4.78 is 15.8. The Morgan fingerprint density at radius 1 is 1.17 bits per heavy atom. The quantitative estimate of drug-likeness (QED) is 0.795. The van der Waals surface area contributed by atoms with E-state index in [9.17, 15) is 0 Å². The molecule has 0 aliphatic rings. The number of nitrogens with one attached hydrogen (secondary N) is 1. The summed E-state index contributed by atoms with van der Waals surface area (Å²) in [5.74, 6) is 2.86. The van der Waals surface area contributed by atoms with Gasteiger partial charge in [0, 0.05) is 18.9 Å². The maximum Gasteiger partial charge on any atom is 0.226 e. The van der Waals surface area contributed by atoms with Crippen molar-refractivity contribution in [3.8, 4) is 11.5 Å². The van der Waals surface area contributed by atoms with Crippen molar-refractivity contribution in [1.29, 1.82) is 0 Å². The highest BCUT2D eigenvalue weighted by atomic mass is 35.5. The van der Waals surface area contributed by atoms with Crippen molar-refractivity contribution in [3.63, 3.8) is 0 Å². The van der Waals surface area contributed by atoms with E-state index in [-0.39, 0.29) is 12.4 Å². The molecule has 1 aromatic heterocycles. The molecule has 0 aliphatic carbocycles. The van der Waals surface area contributed by atoms with Gasteiger partial charge in [0.2, 0.25) is 5.89 Å². The number of hydrogen-bond donors (Lipinski definition) is 1. The molecule has 1 aromatic carbocycles. The molecule has 0 radical (unpaired) electrons. The third kappa shape index (κ3) is 5.41. The fourth-order valence-corrected chi connectivity index (χ4v) is 2.14. The predicted octanol–water partition coefficient (Wildman–Crippen LogP) is 2.44. The third-order valence-electron chi connectivity index (χ3n) is 3.57. The van der Waals surface area contributed by atoms with Crippen molar-refractivity contribution in [3.05, 3.63) is 35.5 Å². The molecular formula is C16H24ClN3O3. The highest BCUT2D eigenvalue weighted by Crippen LogP contribution is 2.27. The lowest BCUT2D eigenvalue weighted by Crippen LogP contribution is -2.24. The summed E-state index contributed by atoms with van der Waals surface area (Å²) >= 11 is 0. The van der Waals surface area contributed by atoms with Gasteiger partial charge in [0.05, 0.1) is 14.2 Å². The molecule has 0 aliphatic heterocycles. The van der Waals surface area contributed by atoms with Crippen LogP contribution in [-0.4, -0.2) is 37.4 Å². The Balaban J connectivity index is 0.00000264. The van der Waals surface area contributed by atoms with Crippen molar-refractivity contribution in [2.75, 3.05) is 21.3 Å². The minimum atomic E-state index is 0. The second-order valence-electron chi connectivity index (χ2n) is 5.19. The SMILES string of the molecule is CNC(C)Cc1noc(CCc2ccc(OC)c(OC)c2)n1.Cl. The standard InChI is InChI=1S/C16H23N3O3.ClH/c1-11(17-2)9-15-18-16(22-19-15)8-6-12-5-7-13(20-3)14(10-12)21-4;/h5,7,10-11,17H,6,8-9H2,1-4H3;1H. The third-order valence-corrected chi connectivity index (χ3v) is 3.57. The maximum atomic E-state index is 5.31. The Labute approximate surface area is 143 Å². The Bertz CT molecular complexity index is 604. The van der Waals surface area contributed by atoms with Gasteiger partial charge in [0.15, 0.2) is 17.3 Å². The summed E-state index contributed by atoms with van der Waals surface area (Å²) in [4.78, 5) is 4.42. The van der Waals surface area contributed by atoms with Crippen LogP contribution >= 0.6 is 12.4 Å². The van der Waals surface area contributed by atoms with Crippen LogP contribution in [0.3, 0.4) is 0 Å². The molecule has 0 saturated heterocycles. The topological polar surface area (TPSA) is 69.4 Å². The minimum absolute atomic E-state index is 0. The molecule has 2 aromatic rings. The molecule has 0 saturated carbocycles. The van der Waals surface area contributed by atoms with Crippen LogP contribution in [0.1, 0.15) is 24.2 Å². The normalized spacial score (nSPS) is 11.7. The van der Waals surface area contributed by atoms with E-state index in [0.717, 1.165) is 35.7 Å². The second-order valence-corrected chi connectivity index (χ2v) is 5.19. The van der Waals surface area contributed by atoms with E-state index in [1.165, 1.54) is 0 Å². The van der Waals surface area contributed by atoms with Gasteiger partial charge in [-0.25, -0.2) is 0 Å². The maximum absolute atomic E-state index is 5.31. The van der Waals surface area contributed by atoms with E-state index in [2.05, 4.69) is 22.4 Å². The van der Waals surface area contributed by atoms with Crippen LogP contribution < -0.4 is 14.8 Å². The number of halogens is 1. The van der Waals surface area contributed by atoms with Gasteiger partial charge in [0.25, 0.3) is 0 Å². The molecule has 0 bridgehead atoms. The van der Waals surface area contributed by atoms with Crippen molar-refractivity contribution in [2.45, 2.75) is 32.2 Å². The Morgan fingerprint density at radius 3 is 2.57 bits per heavy atom. The molecule has 0 spiro atoms. The molecule has 1 unspecified atom stereocenters. The molecule has 1 atom stereocenters. The molecule has 1 N–H and O–H groups in total. The van der Waals surface area contributed by atoms with E-state index in [0.29, 0.717) is 18.4 Å². The van der Waals surface area contributed by atoms with Crippen molar-refractivity contribution in [2.24, 2.45) is 0 Å². The fourth-order valence-electron chi connectivity index (χ4n) is 2.14. The fraction of sp³-hybridized carbons (Fsp3) is 0.500. The Kier molecular flexibility index (Phi) is 7.85. The van der Waals surface area contributed by atoms with Crippen LogP contribution in [-0.2, 0) is 19.3 Å². The van der Waals surface area contributed by atoms with Gasteiger partial charge in [0.1, 0.15) is 0 Å². The van der Waals surface area contributed by atoms with E-state index in [4.69, 9.17) is 14.0 Å². The van der Waals surface area contributed by atoms with E-state index < -0.39 is 0 Å². The van der Waals surface area contributed by atoms with Gasteiger partial charge in [-0.2, -0.15) is 4.98 Å². The van der Waals surface area contributed by atoms with Crippen LogP contribution in [0.25, 0.3) is 0 Å². The van der Waals surface area contributed by atoms with Gasteiger partial charge < -0.3 is 19.3 Å². The Hall–Kier alpha value is -1.79. The highest BCUT2D eigenvalue weighted by Gasteiger charge is 2.10. The first kappa shape index (κ1) is 19.3. The molecule has 7 heteroatoms. The second kappa shape index (κ2) is 9.37. The van der Waals surface area contributed by atoms with Crippen molar-refractivity contribution >= 4 is 12.4 Å². The van der Waals surface area contributed by atoms with Crippen molar-refractivity contribution in [1.82, 2.24) is 15.5 Å². The molecular weight excluding hydrogens is 318 g/mol. The van der Waals surface area contributed by atoms with Crippen LogP contribution in [0.2, 0.25) is 0 Å². The molecule has 0 amide bonds. The predicted molar refractivity (Wildman–Crippen MR) is 90.7 cm³/mol. The number of aromatic nitrogens is 2. The number of benzene rings is 1. The molecule has 0 fully saturated rings. The van der Waals surface area contributed by atoms with Crippen LogP contribution in [0, 0.1) is 0 Å². The molecule has 6 nitrogen and oxygen atoms in total. The molecule has 1 heterocycles. The van der Waals surface area contributed by atoms with Crippen LogP contribution in [0.15, 0.2) is 22.7 Å². The van der Waals surface area contributed by atoms with Gasteiger partial charge in [-0.1, -0.05) is 11.2 Å². The van der Waals surface area contributed by atoms with Gasteiger partial charge in [-0.3, -0.25) is 0 Å². The van der Waals surface area contributed by atoms with Gasteiger partial charge in [-0.15, -0.1) is 12.4 Å². The van der Waals surface area contributed by atoms with Gasteiger partial charge in [-0.05, 0) is 38.1 Å². The summed E-state index contributed by atoms with van der Waals surface area (Å²) in [6, 6.07) is 6.22. The molecule has 23 heavy (non-hydrogen) atoms. The molecule has 128 valence electrons. The van der Waals surface area contributed by atoms with E-state index in [1.807, 2.05) is 25.2 Å². The van der Waals surface area contributed by atoms with Crippen LogP contribution in [0.4, 0.5) is 0 Å². The van der Waals surface area contributed by atoms with Gasteiger partial charge >= 0.3 is 0 Å². The number of nitrogens with zero attached hydrogens (tertiary/aromatic N) is 2. The summed E-state index contributed by atoms with van der Waals surface area (Å²) in [6.45, 7) is 2.08. The molecule has 2 rings (SSSR count). The van der Waals surface area contributed by atoms with E-state index >= 15 is 0 Å². The van der Waals surface area contributed by atoms with Crippen LogP contribution in [0.5, 0.6) is 11.5 Å². The number of likely N-dealkylation sites (N-methyl/N-ethyl adjacent to an activating group) is 1. The van der Waals surface area contributed by atoms with Crippen molar-refractivity contribution < 1.29 is 14.0 Å². The largest absolute Gasteiger partial charge is 0.493 e. The first-order chi connectivity index (χ1) is 10.7. The first-order valence-electron chi connectivity index (χ1n) is 7.36. The number of hydrogen-bond acceptors (Lipinski definition) is 6. The monoisotopic (exact) mass is 341 g/mol. The zero-order valence-corrected chi connectivity index (χ0v) is 14.8. The van der Waals surface area contributed by atoms with E-state index in [1.54, 1.807) is 14.2 Å². The summed E-state index contributed by atoms with van der Waals surface area (Å²) in [5, 5.41) is 7.16. The number of aryl methyl sites for hydroxylation is 2. The zero-order chi connectivity index (χ0) is 15.9. The smallest absolute Gasteiger partial charge is 0.226 e. The average Bonchev–Trinajstić information content (AvgIpc) is 2.99. The lowest BCUT2D eigenvalue weighted by molar-refractivity contribution is 0.354. The zero-order valence-electron chi connectivity index (χ0n) is 14.0. The minimum Gasteiger partial charge on any atom is -0.493 e.